The Hall–Kier alpha value is -3.11. The molecule has 0 amide bonds. The Morgan fingerprint density at radius 3 is 2.36 bits per heavy atom. The number of hydrogen-bond donors (Lipinski definition) is 1. The van der Waals surface area contributed by atoms with Gasteiger partial charge in [-0.1, -0.05) is 18.2 Å². The van der Waals surface area contributed by atoms with Crippen LogP contribution in [0.3, 0.4) is 0 Å². The smallest absolute Gasteiger partial charge is 0.123 e. The number of aryl methyl sites for hydroxylation is 2. The van der Waals surface area contributed by atoms with Gasteiger partial charge in [-0.3, -0.25) is 4.98 Å². The maximum absolute atomic E-state index is 13.5. The lowest BCUT2D eigenvalue weighted by molar-refractivity contribution is 0.628. The summed E-state index contributed by atoms with van der Waals surface area (Å²) >= 11 is 0. The van der Waals surface area contributed by atoms with Crippen LogP contribution in [0.4, 0.5) is 4.39 Å². The summed E-state index contributed by atoms with van der Waals surface area (Å²) in [6, 6.07) is 16.7. The van der Waals surface area contributed by atoms with Gasteiger partial charge in [0.25, 0.3) is 0 Å². The molecule has 0 aliphatic heterocycles. The van der Waals surface area contributed by atoms with E-state index in [2.05, 4.69) is 30.1 Å². The minimum atomic E-state index is -0.259. The van der Waals surface area contributed by atoms with E-state index in [4.69, 9.17) is 10.7 Å². The first-order chi connectivity index (χ1) is 13.4. The Kier molecular flexibility index (Phi) is 4.65. The minimum absolute atomic E-state index is 0.112. The molecule has 0 radical (unpaired) electrons. The zero-order valence-electron chi connectivity index (χ0n) is 16.2. The second-order valence-corrected chi connectivity index (χ2v) is 7.29. The van der Waals surface area contributed by atoms with Crippen LogP contribution in [-0.2, 0) is 0 Å². The Morgan fingerprint density at radius 2 is 1.68 bits per heavy atom. The summed E-state index contributed by atoms with van der Waals surface area (Å²) < 4.78 is 13.5. The number of fused-ring (bicyclic) bond motifs is 1. The van der Waals surface area contributed by atoms with Crippen molar-refractivity contribution >= 4 is 10.9 Å². The van der Waals surface area contributed by atoms with Gasteiger partial charge in [0.1, 0.15) is 5.82 Å². The van der Waals surface area contributed by atoms with Crippen molar-refractivity contribution in [1.29, 1.82) is 0 Å². The quantitative estimate of drug-likeness (QED) is 0.500. The van der Waals surface area contributed by atoms with Gasteiger partial charge in [-0.15, -0.1) is 0 Å². The van der Waals surface area contributed by atoms with Gasteiger partial charge in [0, 0.05) is 34.4 Å². The Labute approximate surface area is 164 Å². The number of nitrogens with zero attached hydrogens (tertiary/aromatic N) is 2. The van der Waals surface area contributed by atoms with Gasteiger partial charge in [-0.05, 0) is 73.9 Å². The Bertz CT molecular complexity index is 1160. The molecule has 0 saturated carbocycles. The SMILES string of the molecule is Cc1cc(C(C)N)c2cc(-c3ccc(F)cc3)c(-c3ccnc(C)c3)nc2c1. The maximum atomic E-state index is 13.5. The average molecular weight is 371 g/mol. The summed E-state index contributed by atoms with van der Waals surface area (Å²) in [5.74, 6) is -0.259. The molecule has 2 heterocycles. The van der Waals surface area contributed by atoms with Crippen LogP contribution in [0, 0.1) is 19.7 Å². The number of hydrogen-bond acceptors (Lipinski definition) is 3. The third-order valence-electron chi connectivity index (χ3n) is 4.93. The largest absolute Gasteiger partial charge is 0.324 e. The predicted molar refractivity (Wildman–Crippen MR) is 112 cm³/mol. The van der Waals surface area contributed by atoms with Crippen molar-refractivity contribution in [2.45, 2.75) is 26.8 Å². The third kappa shape index (κ3) is 3.39. The fraction of sp³-hybridized carbons (Fsp3) is 0.167. The zero-order valence-corrected chi connectivity index (χ0v) is 16.2. The van der Waals surface area contributed by atoms with Gasteiger partial charge < -0.3 is 5.73 Å². The highest BCUT2D eigenvalue weighted by molar-refractivity contribution is 5.93. The van der Waals surface area contributed by atoms with E-state index < -0.39 is 0 Å². The van der Waals surface area contributed by atoms with Crippen molar-refractivity contribution in [3.05, 3.63) is 83.4 Å². The average Bonchev–Trinajstić information content (AvgIpc) is 2.67. The second kappa shape index (κ2) is 7.13. The summed E-state index contributed by atoms with van der Waals surface area (Å²) in [5.41, 5.74) is 13.9. The zero-order chi connectivity index (χ0) is 19.8. The number of halogens is 1. The number of benzene rings is 2. The van der Waals surface area contributed by atoms with E-state index in [0.717, 1.165) is 50.1 Å². The fourth-order valence-corrected chi connectivity index (χ4v) is 3.59. The van der Waals surface area contributed by atoms with Crippen LogP contribution in [0.1, 0.15) is 29.8 Å². The fourth-order valence-electron chi connectivity index (χ4n) is 3.59. The Balaban J connectivity index is 2.08. The summed E-state index contributed by atoms with van der Waals surface area (Å²) in [6.45, 7) is 5.99. The first kappa shape index (κ1) is 18.3. The first-order valence-corrected chi connectivity index (χ1v) is 9.32. The highest BCUT2D eigenvalue weighted by atomic mass is 19.1. The van der Waals surface area contributed by atoms with Crippen molar-refractivity contribution < 1.29 is 4.39 Å². The summed E-state index contributed by atoms with van der Waals surface area (Å²) in [4.78, 5) is 9.31. The van der Waals surface area contributed by atoms with E-state index in [1.54, 1.807) is 18.3 Å². The summed E-state index contributed by atoms with van der Waals surface area (Å²) in [5, 5.41) is 1.02. The molecule has 0 spiro atoms. The number of aromatic nitrogens is 2. The molecule has 4 aromatic rings. The van der Waals surface area contributed by atoms with E-state index in [1.807, 2.05) is 26.0 Å². The molecular formula is C24H22FN3. The molecule has 0 aliphatic rings. The molecule has 0 aliphatic carbocycles. The molecule has 140 valence electrons. The van der Waals surface area contributed by atoms with Crippen molar-refractivity contribution in [2.24, 2.45) is 5.73 Å². The van der Waals surface area contributed by atoms with E-state index in [9.17, 15) is 4.39 Å². The summed E-state index contributed by atoms with van der Waals surface area (Å²) in [7, 11) is 0. The molecule has 1 unspecified atom stereocenters. The lowest BCUT2D eigenvalue weighted by Crippen LogP contribution is -2.07. The molecule has 4 rings (SSSR count). The molecular weight excluding hydrogens is 349 g/mol. The van der Waals surface area contributed by atoms with Gasteiger partial charge in [0.15, 0.2) is 0 Å². The molecule has 0 fully saturated rings. The molecule has 4 heteroatoms. The van der Waals surface area contributed by atoms with Crippen molar-refractivity contribution in [2.75, 3.05) is 0 Å². The highest BCUT2D eigenvalue weighted by Gasteiger charge is 2.15. The van der Waals surface area contributed by atoms with Crippen LogP contribution in [0.15, 0.2) is 60.8 Å². The molecule has 1 atom stereocenters. The number of pyridine rings is 2. The van der Waals surface area contributed by atoms with Gasteiger partial charge in [0.05, 0.1) is 11.2 Å². The minimum Gasteiger partial charge on any atom is -0.324 e. The van der Waals surface area contributed by atoms with E-state index in [-0.39, 0.29) is 11.9 Å². The lowest BCUT2D eigenvalue weighted by atomic mass is 9.93. The van der Waals surface area contributed by atoms with Gasteiger partial charge in [-0.25, -0.2) is 9.37 Å². The Morgan fingerprint density at radius 1 is 0.929 bits per heavy atom. The molecule has 0 bridgehead atoms. The highest BCUT2D eigenvalue weighted by Crippen LogP contribution is 2.36. The molecule has 3 nitrogen and oxygen atoms in total. The molecule has 0 saturated heterocycles. The number of rotatable bonds is 3. The number of nitrogens with two attached hydrogens (primary N) is 1. The van der Waals surface area contributed by atoms with Crippen LogP contribution in [0.5, 0.6) is 0 Å². The second-order valence-electron chi connectivity index (χ2n) is 7.29. The lowest BCUT2D eigenvalue weighted by Gasteiger charge is -2.16. The van der Waals surface area contributed by atoms with Crippen molar-refractivity contribution in [3.63, 3.8) is 0 Å². The maximum Gasteiger partial charge on any atom is 0.123 e. The summed E-state index contributed by atoms with van der Waals surface area (Å²) in [6.07, 6.45) is 1.79. The molecule has 2 aromatic heterocycles. The van der Waals surface area contributed by atoms with Crippen LogP contribution >= 0.6 is 0 Å². The first-order valence-electron chi connectivity index (χ1n) is 9.32. The topological polar surface area (TPSA) is 51.8 Å². The predicted octanol–water partition coefficient (Wildman–Crippen LogP) is 5.74. The molecule has 2 N–H and O–H groups in total. The monoisotopic (exact) mass is 371 g/mol. The molecule has 2 aromatic carbocycles. The third-order valence-corrected chi connectivity index (χ3v) is 4.93. The van der Waals surface area contributed by atoms with Crippen LogP contribution in [0.2, 0.25) is 0 Å². The van der Waals surface area contributed by atoms with Crippen molar-refractivity contribution in [3.8, 4) is 22.4 Å². The van der Waals surface area contributed by atoms with Gasteiger partial charge >= 0.3 is 0 Å². The van der Waals surface area contributed by atoms with Gasteiger partial charge in [0.2, 0.25) is 0 Å². The van der Waals surface area contributed by atoms with E-state index in [0.29, 0.717) is 0 Å². The normalized spacial score (nSPS) is 12.3. The van der Waals surface area contributed by atoms with Crippen LogP contribution < -0.4 is 5.73 Å². The van der Waals surface area contributed by atoms with E-state index >= 15 is 0 Å². The van der Waals surface area contributed by atoms with Crippen molar-refractivity contribution in [1.82, 2.24) is 9.97 Å². The molecule has 28 heavy (non-hydrogen) atoms. The van der Waals surface area contributed by atoms with Gasteiger partial charge in [-0.2, -0.15) is 0 Å². The van der Waals surface area contributed by atoms with Crippen LogP contribution in [0.25, 0.3) is 33.3 Å². The van der Waals surface area contributed by atoms with Crippen LogP contribution in [-0.4, -0.2) is 9.97 Å². The standard InChI is InChI=1S/C24H22FN3/c1-14-10-20(16(3)26)22-13-21(17-4-6-19(25)7-5-17)24(28-23(22)11-14)18-8-9-27-15(2)12-18/h4-13,16H,26H2,1-3H3. The van der Waals surface area contributed by atoms with E-state index in [1.165, 1.54) is 12.1 Å².